The van der Waals surface area contributed by atoms with E-state index in [1.165, 1.54) is 0 Å². The Labute approximate surface area is 171 Å². The van der Waals surface area contributed by atoms with E-state index in [9.17, 15) is 9.59 Å². The highest BCUT2D eigenvalue weighted by Gasteiger charge is 2.57. The van der Waals surface area contributed by atoms with E-state index in [0.717, 1.165) is 44.3 Å². The van der Waals surface area contributed by atoms with Gasteiger partial charge in [0.2, 0.25) is 5.88 Å². The predicted molar refractivity (Wildman–Crippen MR) is 109 cm³/mol. The van der Waals surface area contributed by atoms with Gasteiger partial charge < -0.3 is 15.8 Å². The van der Waals surface area contributed by atoms with Crippen LogP contribution < -0.4 is 15.8 Å². The molecule has 1 aromatic rings. The first kappa shape index (κ1) is 19.7. The van der Waals surface area contributed by atoms with Gasteiger partial charge in [-0.2, -0.15) is 0 Å². The van der Waals surface area contributed by atoms with Crippen LogP contribution in [0.5, 0.6) is 5.88 Å². The second-order valence-corrected chi connectivity index (χ2v) is 9.03. The summed E-state index contributed by atoms with van der Waals surface area (Å²) in [6, 6.07) is 3.39. The molecule has 1 aliphatic heterocycles. The number of nitrogens with one attached hydrogen (secondary N) is 1. The van der Waals surface area contributed by atoms with Gasteiger partial charge in [-0.15, -0.1) is 0 Å². The Morgan fingerprint density at radius 3 is 2.83 bits per heavy atom. The smallest absolute Gasteiger partial charge is 0.254 e. The number of nitrogens with zero attached hydrogens (tertiary/aromatic N) is 2. The van der Waals surface area contributed by atoms with Gasteiger partial charge in [0.05, 0.1) is 0 Å². The number of nitrogens with two attached hydrogens (primary N) is 1. The summed E-state index contributed by atoms with van der Waals surface area (Å²) < 4.78 is 5.93. The molecule has 156 valence electrons. The van der Waals surface area contributed by atoms with Crippen molar-refractivity contribution in [2.75, 3.05) is 0 Å². The number of pyridine rings is 1. The monoisotopic (exact) mass is 398 g/mol. The molecule has 1 saturated heterocycles. The molecule has 2 unspecified atom stereocenters. The van der Waals surface area contributed by atoms with E-state index in [2.05, 4.69) is 30.7 Å². The second kappa shape index (κ2) is 7.35. The van der Waals surface area contributed by atoms with Crippen molar-refractivity contribution in [3.63, 3.8) is 0 Å². The normalized spacial score (nSPS) is 31.8. The van der Waals surface area contributed by atoms with Gasteiger partial charge in [0, 0.05) is 12.2 Å². The lowest BCUT2D eigenvalue weighted by Crippen LogP contribution is -2.59. The Kier molecular flexibility index (Phi) is 5.00. The lowest BCUT2D eigenvalue weighted by molar-refractivity contribution is -0.142. The number of hydrogen-bond donors (Lipinski definition) is 2. The van der Waals surface area contributed by atoms with Gasteiger partial charge in [-0.1, -0.05) is 26.8 Å². The molecule has 1 spiro atoms. The van der Waals surface area contributed by atoms with Crippen molar-refractivity contribution in [3.8, 4) is 5.88 Å². The third-order valence-corrected chi connectivity index (χ3v) is 6.84. The Bertz CT molecular complexity index is 825. The van der Waals surface area contributed by atoms with E-state index in [0.29, 0.717) is 17.4 Å². The summed E-state index contributed by atoms with van der Waals surface area (Å²) in [4.78, 5) is 30.4. The molecule has 29 heavy (non-hydrogen) atoms. The molecule has 2 atom stereocenters. The average Bonchev–Trinajstić information content (AvgIpc) is 2.89. The van der Waals surface area contributed by atoms with E-state index < -0.39 is 5.91 Å². The van der Waals surface area contributed by atoms with Crippen LogP contribution >= 0.6 is 0 Å². The van der Waals surface area contributed by atoms with Crippen LogP contribution in [0.15, 0.2) is 30.7 Å². The number of rotatable bonds is 7. The van der Waals surface area contributed by atoms with Crippen LogP contribution in [0, 0.1) is 11.3 Å². The molecule has 0 radical (unpaired) electrons. The van der Waals surface area contributed by atoms with Crippen molar-refractivity contribution < 1.29 is 14.3 Å². The number of primary amides is 1. The quantitative estimate of drug-likeness (QED) is 0.736. The van der Waals surface area contributed by atoms with E-state index in [1.807, 2.05) is 4.90 Å². The Morgan fingerprint density at radius 1 is 1.45 bits per heavy atom. The van der Waals surface area contributed by atoms with Gasteiger partial charge in [-0.25, -0.2) is 4.98 Å². The van der Waals surface area contributed by atoms with E-state index in [1.54, 1.807) is 18.3 Å². The van der Waals surface area contributed by atoms with Crippen LogP contribution in [0.3, 0.4) is 0 Å². The molecular weight excluding hydrogens is 368 g/mol. The van der Waals surface area contributed by atoms with Crippen molar-refractivity contribution in [1.82, 2.24) is 15.2 Å². The molecule has 7 heteroatoms. The fourth-order valence-corrected chi connectivity index (χ4v) is 5.04. The highest BCUT2D eigenvalue weighted by atomic mass is 16.5. The van der Waals surface area contributed by atoms with E-state index in [-0.39, 0.29) is 29.5 Å². The molecule has 3 fully saturated rings. The third kappa shape index (κ3) is 3.58. The summed E-state index contributed by atoms with van der Waals surface area (Å²) >= 11 is 0. The fourth-order valence-electron chi connectivity index (χ4n) is 5.04. The van der Waals surface area contributed by atoms with Crippen molar-refractivity contribution in [1.29, 1.82) is 0 Å². The highest BCUT2D eigenvalue weighted by Crippen LogP contribution is 2.58. The van der Waals surface area contributed by atoms with Crippen LogP contribution in [0.2, 0.25) is 0 Å². The van der Waals surface area contributed by atoms with Crippen LogP contribution in [-0.4, -0.2) is 39.9 Å². The molecule has 2 amide bonds. The number of amides is 2. The standard InChI is InChI=1S/C22H30N4O3/c1-4-13(2)8-18-21(28)26(14(3)25-18)15-9-22(10-15)11-16(12-22)29-20-17(19(23)27)6-5-7-24-20/h5-7,13,15-16,18,25H,3-4,8-12H2,1-2H3,(H2,23,27). The lowest BCUT2D eigenvalue weighted by atomic mass is 9.52. The van der Waals surface area contributed by atoms with Crippen molar-refractivity contribution in [2.24, 2.45) is 17.1 Å². The molecule has 4 rings (SSSR count). The van der Waals surface area contributed by atoms with Gasteiger partial charge in [-0.05, 0) is 55.6 Å². The molecule has 1 aromatic heterocycles. The van der Waals surface area contributed by atoms with Crippen molar-refractivity contribution >= 4 is 11.8 Å². The van der Waals surface area contributed by atoms with Crippen LogP contribution in [-0.2, 0) is 4.79 Å². The summed E-state index contributed by atoms with van der Waals surface area (Å²) in [7, 11) is 0. The minimum atomic E-state index is -0.531. The van der Waals surface area contributed by atoms with E-state index in [4.69, 9.17) is 10.5 Å². The number of ether oxygens (including phenoxy) is 1. The lowest BCUT2D eigenvalue weighted by Gasteiger charge is -2.58. The SMILES string of the molecule is C=C1NC(CC(C)CC)C(=O)N1C1CC2(CC(Oc3ncccc3C(N)=O)C2)C1. The van der Waals surface area contributed by atoms with Gasteiger partial charge in [-0.3, -0.25) is 14.5 Å². The summed E-state index contributed by atoms with van der Waals surface area (Å²) in [6.07, 6.45) is 7.33. The molecule has 0 aromatic carbocycles. The zero-order valence-electron chi connectivity index (χ0n) is 17.2. The first-order valence-electron chi connectivity index (χ1n) is 10.5. The number of hydrogen-bond acceptors (Lipinski definition) is 5. The number of carbonyl (C=O) groups is 2. The predicted octanol–water partition coefficient (Wildman–Crippen LogP) is 2.58. The molecule has 3 aliphatic rings. The van der Waals surface area contributed by atoms with Gasteiger partial charge in [0.15, 0.2) is 0 Å². The Balaban J connectivity index is 1.30. The summed E-state index contributed by atoms with van der Waals surface area (Å²) in [5, 5.41) is 3.29. The molecule has 2 aliphatic carbocycles. The first-order valence-corrected chi connectivity index (χ1v) is 10.5. The maximum Gasteiger partial charge on any atom is 0.254 e. The number of aromatic nitrogens is 1. The van der Waals surface area contributed by atoms with Crippen LogP contribution in [0.4, 0.5) is 0 Å². The van der Waals surface area contributed by atoms with Gasteiger partial charge in [0.25, 0.3) is 11.8 Å². The highest BCUT2D eigenvalue weighted by molar-refractivity contribution is 5.94. The van der Waals surface area contributed by atoms with E-state index >= 15 is 0 Å². The first-order chi connectivity index (χ1) is 13.8. The largest absolute Gasteiger partial charge is 0.474 e. The maximum absolute atomic E-state index is 12.9. The zero-order chi connectivity index (χ0) is 20.8. The maximum atomic E-state index is 12.9. The van der Waals surface area contributed by atoms with Gasteiger partial charge >= 0.3 is 0 Å². The van der Waals surface area contributed by atoms with Crippen molar-refractivity contribution in [3.05, 3.63) is 36.3 Å². The number of carbonyl (C=O) groups excluding carboxylic acids is 2. The molecule has 0 bridgehead atoms. The van der Waals surface area contributed by atoms with Crippen molar-refractivity contribution in [2.45, 2.75) is 70.6 Å². The molecule has 7 nitrogen and oxygen atoms in total. The summed E-state index contributed by atoms with van der Waals surface area (Å²) in [5.74, 6) is 1.21. The second-order valence-electron chi connectivity index (χ2n) is 9.03. The molecule has 3 N–H and O–H groups in total. The fraction of sp³-hybridized carbons (Fsp3) is 0.591. The molecule has 2 saturated carbocycles. The topological polar surface area (TPSA) is 97.6 Å². The zero-order valence-corrected chi connectivity index (χ0v) is 17.2. The van der Waals surface area contributed by atoms with Gasteiger partial charge in [0.1, 0.15) is 23.5 Å². The third-order valence-electron chi connectivity index (χ3n) is 6.84. The molecular formula is C22H30N4O3. The average molecular weight is 399 g/mol. The Hall–Kier alpha value is -2.57. The summed E-state index contributed by atoms with van der Waals surface area (Å²) in [6.45, 7) is 8.41. The minimum absolute atomic E-state index is 0.0395. The van der Waals surface area contributed by atoms with Crippen LogP contribution in [0.1, 0.15) is 62.7 Å². The minimum Gasteiger partial charge on any atom is -0.474 e. The van der Waals surface area contributed by atoms with Crippen LogP contribution in [0.25, 0.3) is 0 Å². The molecule has 2 heterocycles. The Morgan fingerprint density at radius 2 is 2.17 bits per heavy atom. The summed E-state index contributed by atoms with van der Waals surface area (Å²) in [5.41, 5.74) is 5.94.